The number of guanidine groups is 1. The Morgan fingerprint density at radius 3 is 2.46 bits per heavy atom. The molecule has 24 heavy (non-hydrogen) atoms. The zero-order chi connectivity index (χ0) is 17.4. The van der Waals surface area contributed by atoms with Gasteiger partial charge in [0.2, 0.25) is 0 Å². The van der Waals surface area contributed by atoms with E-state index in [4.69, 9.17) is 10.5 Å². The molecule has 2 N–H and O–H groups in total. The first kappa shape index (κ1) is 17.0. The average molecular weight is 345 g/mol. The molecule has 0 bridgehead atoms. The Hall–Kier alpha value is -1.83. The summed E-state index contributed by atoms with van der Waals surface area (Å²) in [6.45, 7) is 2.68. The first-order valence-electron chi connectivity index (χ1n) is 7.81. The van der Waals surface area contributed by atoms with Gasteiger partial charge in [0.05, 0.1) is 25.3 Å². The maximum Gasteiger partial charge on any atom is 0.416 e. The van der Waals surface area contributed by atoms with Crippen molar-refractivity contribution in [3.63, 3.8) is 0 Å². The van der Waals surface area contributed by atoms with Crippen LogP contribution in [-0.4, -0.2) is 43.7 Å². The van der Waals surface area contributed by atoms with Gasteiger partial charge in [0.1, 0.15) is 5.82 Å². The molecule has 0 spiro atoms. The summed E-state index contributed by atoms with van der Waals surface area (Å²) in [6.07, 6.45) is -3.22. The number of hydrogen-bond donors (Lipinski definition) is 1. The fourth-order valence-electron chi connectivity index (χ4n) is 2.87. The minimum atomic E-state index is -4.57. The standard InChI is InChI=1S/C16H19F4N3O/c17-13-8-11(7-12(9-13)16(18,19)20)15(1-2-15)10-22-14(21)23-3-5-24-6-4-23/h7-9H,1-6,10H2,(H2,21,22). The molecule has 1 heterocycles. The number of aliphatic imine (C=N–C) groups is 1. The maximum absolute atomic E-state index is 13.6. The number of alkyl halides is 3. The third-order valence-electron chi connectivity index (χ3n) is 4.57. The summed E-state index contributed by atoms with van der Waals surface area (Å²) in [4.78, 5) is 6.22. The number of morpholine rings is 1. The van der Waals surface area contributed by atoms with Gasteiger partial charge in [-0.25, -0.2) is 4.39 Å². The molecular weight excluding hydrogens is 326 g/mol. The van der Waals surface area contributed by atoms with Crippen molar-refractivity contribution in [1.29, 1.82) is 0 Å². The highest BCUT2D eigenvalue weighted by molar-refractivity contribution is 5.78. The quantitative estimate of drug-likeness (QED) is 0.520. The van der Waals surface area contributed by atoms with Gasteiger partial charge in [0, 0.05) is 18.5 Å². The maximum atomic E-state index is 13.6. The topological polar surface area (TPSA) is 50.8 Å². The summed E-state index contributed by atoms with van der Waals surface area (Å²) in [7, 11) is 0. The molecule has 1 aliphatic carbocycles. The number of hydrogen-bond acceptors (Lipinski definition) is 2. The summed E-state index contributed by atoms with van der Waals surface area (Å²) in [5, 5.41) is 0. The lowest BCUT2D eigenvalue weighted by molar-refractivity contribution is -0.137. The number of halogens is 4. The largest absolute Gasteiger partial charge is 0.416 e. The zero-order valence-corrected chi connectivity index (χ0v) is 13.1. The van der Waals surface area contributed by atoms with Crippen molar-refractivity contribution >= 4 is 5.96 Å². The number of nitrogens with two attached hydrogens (primary N) is 1. The van der Waals surface area contributed by atoms with Gasteiger partial charge in [-0.05, 0) is 36.6 Å². The smallest absolute Gasteiger partial charge is 0.378 e. The van der Waals surface area contributed by atoms with Crippen molar-refractivity contribution in [3.05, 3.63) is 35.1 Å². The highest BCUT2D eigenvalue weighted by Crippen LogP contribution is 2.49. The van der Waals surface area contributed by atoms with Crippen LogP contribution >= 0.6 is 0 Å². The predicted octanol–water partition coefficient (Wildman–Crippen LogP) is 2.52. The first-order chi connectivity index (χ1) is 11.3. The van der Waals surface area contributed by atoms with E-state index in [-0.39, 0.29) is 6.54 Å². The van der Waals surface area contributed by atoms with Crippen LogP contribution in [0, 0.1) is 5.82 Å². The van der Waals surface area contributed by atoms with E-state index in [0.717, 1.165) is 6.07 Å². The molecule has 132 valence electrons. The molecule has 0 atom stereocenters. The van der Waals surface area contributed by atoms with Crippen LogP contribution in [0.25, 0.3) is 0 Å². The molecule has 1 saturated heterocycles. The van der Waals surface area contributed by atoms with Gasteiger partial charge >= 0.3 is 6.18 Å². The summed E-state index contributed by atoms with van der Waals surface area (Å²) in [5.41, 5.74) is 4.79. The van der Waals surface area contributed by atoms with E-state index >= 15 is 0 Å². The van der Waals surface area contributed by atoms with Crippen molar-refractivity contribution in [1.82, 2.24) is 4.90 Å². The molecule has 0 aromatic heterocycles. The molecule has 1 aliphatic heterocycles. The monoisotopic (exact) mass is 345 g/mol. The third-order valence-corrected chi connectivity index (χ3v) is 4.57. The minimum absolute atomic E-state index is 0.261. The number of ether oxygens (including phenoxy) is 1. The van der Waals surface area contributed by atoms with Gasteiger partial charge in [-0.3, -0.25) is 4.99 Å². The van der Waals surface area contributed by atoms with E-state index in [9.17, 15) is 17.6 Å². The van der Waals surface area contributed by atoms with Crippen molar-refractivity contribution in [2.75, 3.05) is 32.8 Å². The van der Waals surface area contributed by atoms with E-state index in [2.05, 4.69) is 4.99 Å². The van der Waals surface area contributed by atoms with E-state index in [0.29, 0.717) is 56.7 Å². The third kappa shape index (κ3) is 3.63. The van der Waals surface area contributed by atoms with Gasteiger partial charge in [-0.2, -0.15) is 13.2 Å². The Bertz CT molecular complexity index is 635. The number of nitrogens with zero attached hydrogens (tertiary/aromatic N) is 2. The van der Waals surface area contributed by atoms with Crippen LogP contribution in [0.5, 0.6) is 0 Å². The summed E-state index contributed by atoms with van der Waals surface area (Å²) < 4.78 is 57.5. The molecule has 1 aromatic carbocycles. The Morgan fingerprint density at radius 1 is 1.21 bits per heavy atom. The molecular formula is C16H19F4N3O. The van der Waals surface area contributed by atoms with Gasteiger partial charge in [-0.1, -0.05) is 0 Å². The summed E-state index contributed by atoms with van der Waals surface area (Å²) in [6, 6.07) is 2.71. The second-order valence-corrected chi connectivity index (χ2v) is 6.28. The van der Waals surface area contributed by atoms with Gasteiger partial charge in [-0.15, -0.1) is 0 Å². The average Bonchev–Trinajstić information content (AvgIpc) is 3.33. The van der Waals surface area contributed by atoms with Gasteiger partial charge < -0.3 is 15.4 Å². The minimum Gasteiger partial charge on any atom is -0.378 e. The van der Waals surface area contributed by atoms with E-state index in [1.165, 1.54) is 6.07 Å². The van der Waals surface area contributed by atoms with Crippen LogP contribution in [-0.2, 0) is 16.3 Å². The molecule has 0 unspecified atom stereocenters. The molecule has 1 saturated carbocycles. The lowest BCUT2D eigenvalue weighted by atomic mass is 9.94. The molecule has 0 amide bonds. The lowest BCUT2D eigenvalue weighted by Crippen LogP contribution is -2.45. The van der Waals surface area contributed by atoms with Crippen molar-refractivity contribution in [2.24, 2.45) is 10.7 Å². The normalized spacial score (nSPS) is 21.0. The highest BCUT2D eigenvalue weighted by atomic mass is 19.4. The Kier molecular flexibility index (Phi) is 4.42. The van der Waals surface area contributed by atoms with Crippen LogP contribution in [0.4, 0.5) is 17.6 Å². The highest BCUT2D eigenvalue weighted by Gasteiger charge is 2.45. The molecule has 8 heteroatoms. The Balaban J connectivity index is 1.78. The fourth-order valence-corrected chi connectivity index (χ4v) is 2.87. The van der Waals surface area contributed by atoms with Crippen LogP contribution < -0.4 is 5.73 Å². The number of benzene rings is 1. The molecule has 2 aliphatic rings. The van der Waals surface area contributed by atoms with Crippen molar-refractivity contribution in [3.8, 4) is 0 Å². The fraction of sp³-hybridized carbons (Fsp3) is 0.562. The SMILES string of the molecule is NC(=NCC1(c2cc(F)cc(C(F)(F)F)c2)CC1)N1CCOCC1. The first-order valence-corrected chi connectivity index (χ1v) is 7.81. The van der Waals surface area contributed by atoms with Crippen LogP contribution in [0.2, 0.25) is 0 Å². The second kappa shape index (κ2) is 6.23. The van der Waals surface area contributed by atoms with E-state index in [1.54, 1.807) is 0 Å². The van der Waals surface area contributed by atoms with Crippen LogP contribution in [0.3, 0.4) is 0 Å². The molecule has 4 nitrogen and oxygen atoms in total. The Labute approximate surface area is 137 Å². The summed E-state index contributed by atoms with van der Waals surface area (Å²) in [5.74, 6) is -0.520. The van der Waals surface area contributed by atoms with E-state index < -0.39 is 23.0 Å². The predicted molar refractivity (Wildman–Crippen MR) is 81.2 cm³/mol. The molecule has 1 aromatic rings. The van der Waals surface area contributed by atoms with Crippen LogP contribution in [0.15, 0.2) is 23.2 Å². The second-order valence-electron chi connectivity index (χ2n) is 6.28. The van der Waals surface area contributed by atoms with Crippen LogP contribution in [0.1, 0.15) is 24.0 Å². The summed E-state index contributed by atoms with van der Waals surface area (Å²) >= 11 is 0. The van der Waals surface area contributed by atoms with Gasteiger partial charge in [0.15, 0.2) is 5.96 Å². The molecule has 0 radical (unpaired) electrons. The molecule has 2 fully saturated rings. The number of rotatable bonds is 3. The Morgan fingerprint density at radius 2 is 1.88 bits per heavy atom. The van der Waals surface area contributed by atoms with Crippen molar-refractivity contribution in [2.45, 2.75) is 24.4 Å². The van der Waals surface area contributed by atoms with Gasteiger partial charge in [0.25, 0.3) is 0 Å². The zero-order valence-electron chi connectivity index (χ0n) is 13.1. The van der Waals surface area contributed by atoms with E-state index in [1.807, 2.05) is 4.90 Å². The molecule has 3 rings (SSSR count). The lowest BCUT2D eigenvalue weighted by Gasteiger charge is -2.28. The van der Waals surface area contributed by atoms with Crippen molar-refractivity contribution < 1.29 is 22.3 Å².